The van der Waals surface area contributed by atoms with Crippen molar-refractivity contribution in [3.63, 3.8) is 0 Å². The minimum Gasteiger partial charge on any atom is -0.0987 e. The fourth-order valence-electron chi connectivity index (χ4n) is 0.378. The third-order valence-electron chi connectivity index (χ3n) is 1.11. The molecule has 0 fully saturated rings. The lowest BCUT2D eigenvalue weighted by Crippen LogP contribution is -1.66. The lowest BCUT2D eigenvalue weighted by molar-refractivity contribution is 1.11. The highest BCUT2D eigenvalue weighted by Crippen LogP contribution is 2.14. The van der Waals surface area contributed by atoms with Crippen LogP contribution in [0.25, 0.3) is 0 Å². The molecule has 0 nitrogen and oxygen atoms in total. The molecule has 0 spiro atoms. The Morgan fingerprint density at radius 2 is 2.12 bits per heavy atom. The van der Waals surface area contributed by atoms with E-state index < -0.39 is 0 Å². The number of rotatable bonds is 3. The van der Waals surface area contributed by atoms with Gasteiger partial charge in [-0.3, -0.25) is 0 Å². The first-order valence-electron chi connectivity index (χ1n) is 3.20. The third-order valence-corrected chi connectivity index (χ3v) is 2.22. The molecule has 1 unspecified atom stereocenters. The fourth-order valence-corrected chi connectivity index (χ4v) is 1.14. The van der Waals surface area contributed by atoms with Crippen molar-refractivity contribution in [2.75, 3.05) is 6.16 Å². The van der Waals surface area contributed by atoms with Gasteiger partial charge >= 0.3 is 0 Å². The Labute approximate surface area is 54.2 Å². The second-order valence-corrected chi connectivity index (χ2v) is 3.31. The third kappa shape index (κ3) is 4.33. The highest BCUT2D eigenvalue weighted by atomic mass is 31.1. The first kappa shape index (κ1) is 8.17. The van der Waals surface area contributed by atoms with Crippen molar-refractivity contribution in [1.29, 1.82) is 0 Å². The van der Waals surface area contributed by atoms with Crippen molar-refractivity contribution in [3.8, 4) is 0 Å². The molecule has 0 aromatic heterocycles. The van der Waals surface area contributed by atoms with Crippen molar-refractivity contribution in [1.82, 2.24) is 0 Å². The van der Waals surface area contributed by atoms with Crippen LogP contribution in [-0.2, 0) is 0 Å². The van der Waals surface area contributed by atoms with E-state index in [9.17, 15) is 0 Å². The van der Waals surface area contributed by atoms with Crippen LogP contribution in [0.5, 0.6) is 0 Å². The van der Waals surface area contributed by atoms with Gasteiger partial charge in [-0.25, -0.2) is 0 Å². The molecule has 0 aliphatic carbocycles. The van der Waals surface area contributed by atoms with Crippen LogP contribution in [-0.4, -0.2) is 6.16 Å². The minimum atomic E-state index is 1.04. The summed E-state index contributed by atoms with van der Waals surface area (Å²) in [5.41, 5.74) is 1.53. The van der Waals surface area contributed by atoms with E-state index in [4.69, 9.17) is 0 Å². The molecule has 0 bridgehead atoms. The van der Waals surface area contributed by atoms with Gasteiger partial charge in [-0.2, -0.15) is 0 Å². The molecule has 1 heteroatoms. The Hall–Kier alpha value is 0.170. The Balaban J connectivity index is 3.26. The monoisotopic (exact) mass is 130 g/mol. The summed E-state index contributed by atoms with van der Waals surface area (Å²) in [5.74, 6) is 2.35. The Bertz CT molecular complexity index is 74.5. The second-order valence-electron chi connectivity index (χ2n) is 1.90. The Morgan fingerprint density at radius 3 is 2.50 bits per heavy atom. The van der Waals surface area contributed by atoms with Gasteiger partial charge < -0.3 is 0 Å². The van der Waals surface area contributed by atoms with Gasteiger partial charge in [0, 0.05) is 0 Å². The van der Waals surface area contributed by atoms with Gasteiger partial charge in [-0.1, -0.05) is 33.8 Å². The van der Waals surface area contributed by atoms with Crippen LogP contribution in [0.3, 0.4) is 0 Å². The number of hydrogen-bond acceptors (Lipinski definition) is 0. The van der Waals surface area contributed by atoms with Crippen LogP contribution in [0.15, 0.2) is 11.4 Å². The molecule has 0 rings (SSSR count). The minimum absolute atomic E-state index is 1.04. The van der Waals surface area contributed by atoms with Gasteiger partial charge in [0.25, 0.3) is 0 Å². The predicted octanol–water partition coefficient (Wildman–Crippen LogP) is 3.00. The van der Waals surface area contributed by atoms with Crippen molar-refractivity contribution in [2.45, 2.75) is 27.2 Å². The van der Waals surface area contributed by atoms with Crippen LogP contribution in [0, 0.1) is 0 Å². The van der Waals surface area contributed by atoms with E-state index in [0.717, 1.165) is 8.58 Å². The number of allylic oxidation sites excluding steroid dienone is 1. The first-order chi connectivity index (χ1) is 3.81. The lowest BCUT2D eigenvalue weighted by Gasteiger charge is -1.91. The highest BCUT2D eigenvalue weighted by Gasteiger charge is 1.79. The molecule has 0 aliphatic heterocycles. The van der Waals surface area contributed by atoms with Crippen molar-refractivity contribution in [2.24, 2.45) is 0 Å². The highest BCUT2D eigenvalue weighted by molar-refractivity contribution is 7.41. The SMILES string of the molecule is CCPC=C(C)CC. The van der Waals surface area contributed by atoms with E-state index in [1.54, 1.807) is 0 Å². The zero-order valence-corrected chi connectivity index (χ0v) is 6.99. The summed E-state index contributed by atoms with van der Waals surface area (Å²) in [4.78, 5) is 0. The normalized spacial score (nSPS) is 13.6. The van der Waals surface area contributed by atoms with Crippen LogP contribution in [0.2, 0.25) is 0 Å². The van der Waals surface area contributed by atoms with Gasteiger partial charge in [-0.05, 0) is 19.5 Å². The molecule has 0 heterocycles. The van der Waals surface area contributed by atoms with E-state index in [1.165, 1.54) is 18.2 Å². The summed E-state index contributed by atoms with van der Waals surface area (Å²) in [5, 5.41) is 0. The predicted molar refractivity (Wildman–Crippen MR) is 42.9 cm³/mol. The van der Waals surface area contributed by atoms with Crippen LogP contribution in [0.1, 0.15) is 27.2 Å². The van der Waals surface area contributed by atoms with Gasteiger partial charge in [0.1, 0.15) is 0 Å². The summed E-state index contributed by atoms with van der Waals surface area (Å²) in [6, 6.07) is 0. The average molecular weight is 130 g/mol. The summed E-state index contributed by atoms with van der Waals surface area (Å²) >= 11 is 0. The van der Waals surface area contributed by atoms with Crippen LogP contribution < -0.4 is 0 Å². The molecule has 0 aromatic carbocycles. The van der Waals surface area contributed by atoms with Crippen molar-refractivity contribution in [3.05, 3.63) is 11.4 Å². The van der Waals surface area contributed by atoms with Crippen molar-refractivity contribution < 1.29 is 0 Å². The topological polar surface area (TPSA) is 0 Å². The second kappa shape index (κ2) is 5.31. The maximum Gasteiger partial charge on any atom is -0.0347 e. The molecular weight excluding hydrogens is 115 g/mol. The molecule has 0 radical (unpaired) electrons. The number of hydrogen-bond donors (Lipinski definition) is 0. The van der Waals surface area contributed by atoms with Crippen molar-refractivity contribution >= 4 is 8.58 Å². The molecule has 1 atom stereocenters. The van der Waals surface area contributed by atoms with E-state index in [1.807, 2.05) is 0 Å². The maximum atomic E-state index is 2.35. The molecule has 48 valence electrons. The smallest absolute Gasteiger partial charge is 0.0347 e. The Morgan fingerprint density at radius 1 is 1.50 bits per heavy atom. The van der Waals surface area contributed by atoms with Crippen LogP contribution in [0.4, 0.5) is 0 Å². The summed E-state index contributed by atoms with van der Waals surface area (Å²) in [6.45, 7) is 6.62. The van der Waals surface area contributed by atoms with Gasteiger partial charge in [-0.15, -0.1) is 0 Å². The summed E-state index contributed by atoms with van der Waals surface area (Å²) in [7, 11) is 1.04. The largest absolute Gasteiger partial charge is 0.0987 e. The first-order valence-corrected chi connectivity index (χ1v) is 4.48. The average Bonchev–Trinajstić information content (AvgIpc) is 1.83. The molecule has 0 aromatic rings. The zero-order chi connectivity index (χ0) is 6.41. The molecule has 0 N–H and O–H groups in total. The molecule has 8 heavy (non-hydrogen) atoms. The van der Waals surface area contributed by atoms with Crippen LogP contribution >= 0.6 is 8.58 Å². The molecule has 0 saturated carbocycles. The quantitative estimate of drug-likeness (QED) is 0.515. The van der Waals surface area contributed by atoms with Gasteiger partial charge in [0.05, 0.1) is 0 Å². The summed E-state index contributed by atoms with van der Waals surface area (Å²) in [6.07, 6.45) is 2.52. The van der Waals surface area contributed by atoms with E-state index in [-0.39, 0.29) is 0 Å². The molecule has 0 amide bonds. The molecule has 0 saturated heterocycles. The van der Waals surface area contributed by atoms with E-state index >= 15 is 0 Å². The maximum absolute atomic E-state index is 2.35. The molecule has 0 aliphatic rings. The van der Waals surface area contributed by atoms with Gasteiger partial charge in [0.15, 0.2) is 0 Å². The molecular formula is C7H15P. The van der Waals surface area contributed by atoms with E-state index in [0.29, 0.717) is 0 Å². The fraction of sp³-hybridized carbons (Fsp3) is 0.714. The summed E-state index contributed by atoms with van der Waals surface area (Å²) < 4.78 is 0. The lowest BCUT2D eigenvalue weighted by atomic mass is 10.3. The van der Waals surface area contributed by atoms with E-state index in [2.05, 4.69) is 26.6 Å². The standard InChI is InChI=1S/C7H15P/c1-4-7(3)6-8-5-2/h6,8H,4-5H2,1-3H3. The Kier molecular flexibility index (Phi) is 5.42. The van der Waals surface area contributed by atoms with Gasteiger partial charge in [0.2, 0.25) is 0 Å². The zero-order valence-electron chi connectivity index (χ0n) is 5.99.